The minimum absolute atomic E-state index is 0.197. The number of urea groups is 1. The number of methoxy groups -OCH3 is 2. The molecule has 0 aliphatic carbocycles. The van der Waals surface area contributed by atoms with E-state index in [1.54, 1.807) is 21.3 Å². The number of benzene rings is 2. The first-order valence-electron chi connectivity index (χ1n) is 6.87. The average Bonchev–Trinajstić information content (AvgIpc) is 2.57. The van der Waals surface area contributed by atoms with E-state index in [-0.39, 0.29) is 6.03 Å². The first kappa shape index (κ1) is 16.6. The molecule has 2 amide bonds. The van der Waals surface area contributed by atoms with Crippen LogP contribution in [-0.2, 0) is 9.47 Å². The topological polar surface area (TPSA) is 50.8 Å². The van der Waals surface area contributed by atoms with Gasteiger partial charge in [0.15, 0.2) is 6.29 Å². The molecular formula is C16H20N2O3S. The number of fused-ring (bicyclic) bond motifs is 1. The molecule has 0 heterocycles. The molecule has 22 heavy (non-hydrogen) atoms. The molecule has 0 atom stereocenters. The van der Waals surface area contributed by atoms with Crippen molar-refractivity contribution in [1.29, 1.82) is 0 Å². The van der Waals surface area contributed by atoms with Crippen molar-refractivity contribution in [3.63, 3.8) is 0 Å². The molecular weight excluding hydrogens is 300 g/mol. The lowest BCUT2D eigenvalue weighted by atomic mass is 10.1. The minimum atomic E-state index is -0.432. The highest BCUT2D eigenvalue weighted by Gasteiger charge is 2.15. The standard InChI is InChI=1S/C16H20N2O3S/c1-18(11-15(20-2)21-3)16(19)17-22-14-10-6-8-12-7-4-5-9-13(12)14/h4-10,15H,11H2,1-3H3,(H,17,19). The summed E-state index contributed by atoms with van der Waals surface area (Å²) in [5, 5.41) is 2.26. The summed E-state index contributed by atoms with van der Waals surface area (Å²) in [4.78, 5) is 14.6. The summed E-state index contributed by atoms with van der Waals surface area (Å²) in [6, 6.07) is 13.9. The first-order valence-corrected chi connectivity index (χ1v) is 7.68. The van der Waals surface area contributed by atoms with Gasteiger partial charge in [0.05, 0.1) is 6.54 Å². The number of likely N-dealkylation sites (N-methyl/N-ethyl adjacent to an activating group) is 1. The lowest BCUT2D eigenvalue weighted by Crippen LogP contribution is -2.40. The molecule has 0 radical (unpaired) electrons. The minimum Gasteiger partial charge on any atom is -0.354 e. The van der Waals surface area contributed by atoms with Crippen LogP contribution in [0.15, 0.2) is 47.4 Å². The summed E-state index contributed by atoms with van der Waals surface area (Å²) in [6.07, 6.45) is -0.432. The van der Waals surface area contributed by atoms with E-state index in [1.165, 1.54) is 16.8 Å². The van der Waals surface area contributed by atoms with Gasteiger partial charge in [0.25, 0.3) is 0 Å². The zero-order valence-electron chi connectivity index (χ0n) is 12.9. The van der Waals surface area contributed by atoms with Gasteiger partial charge in [-0.05, 0) is 28.8 Å². The van der Waals surface area contributed by atoms with Gasteiger partial charge in [0, 0.05) is 26.2 Å². The number of ether oxygens (including phenoxy) is 2. The van der Waals surface area contributed by atoms with Crippen LogP contribution in [0.5, 0.6) is 0 Å². The third-order valence-corrected chi connectivity index (χ3v) is 4.15. The normalized spacial score (nSPS) is 10.9. The van der Waals surface area contributed by atoms with Gasteiger partial charge >= 0.3 is 6.03 Å². The van der Waals surface area contributed by atoms with E-state index in [4.69, 9.17) is 9.47 Å². The fourth-order valence-corrected chi connectivity index (χ4v) is 2.81. The smallest absolute Gasteiger partial charge is 0.327 e. The predicted molar refractivity (Wildman–Crippen MR) is 88.8 cm³/mol. The third-order valence-electron chi connectivity index (χ3n) is 3.29. The van der Waals surface area contributed by atoms with E-state index >= 15 is 0 Å². The Labute approximate surface area is 134 Å². The van der Waals surface area contributed by atoms with E-state index < -0.39 is 6.29 Å². The average molecular weight is 320 g/mol. The van der Waals surface area contributed by atoms with Crippen LogP contribution in [0.2, 0.25) is 0 Å². The zero-order chi connectivity index (χ0) is 15.9. The molecule has 5 nitrogen and oxygen atoms in total. The number of hydrogen-bond donors (Lipinski definition) is 1. The van der Waals surface area contributed by atoms with Crippen molar-refractivity contribution >= 4 is 28.8 Å². The molecule has 0 unspecified atom stereocenters. The van der Waals surface area contributed by atoms with Crippen molar-refractivity contribution in [1.82, 2.24) is 9.62 Å². The van der Waals surface area contributed by atoms with Crippen LogP contribution in [0, 0.1) is 0 Å². The molecule has 0 aliphatic rings. The van der Waals surface area contributed by atoms with Crippen molar-refractivity contribution in [2.24, 2.45) is 0 Å². The summed E-state index contributed by atoms with van der Waals surface area (Å²) < 4.78 is 13.0. The number of amides is 2. The van der Waals surface area contributed by atoms with Gasteiger partial charge in [-0.1, -0.05) is 36.4 Å². The Bertz CT molecular complexity index is 626. The Balaban J connectivity index is 1.98. The lowest BCUT2D eigenvalue weighted by Gasteiger charge is -2.22. The molecule has 2 aromatic rings. The largest absolute Gasteiger partial charge is 0.354 e. The van der Waals surface area contributed by atoms with Gasteiger partial charge in [0.2, 0.25) is 0 Å². The van der Waals surface area contributed by atoms with Crippen LogP contribution in [-0.4, -0.2) is 45.0 Å². The Morgan fingerprint density at radius 2 is 1.86 bits per heavy atom. The Hall–Kier alpha value is -1.76. The van der Waals surface area contributed by atoms with Crippen LogP contribution in [0.4, 0.5) is 4.79 Å². The number of rotatable bonds is 6. The number of hydrogen-bond acceptors (Lipinski definition) is 4. The molecule has 0 fully saturated rings. The summed E-state index contributed by atoms with van der Waals surface area (Å²) in [7, 11) is 4.79. The van der Waals surface area contributed by atoms with Gasteiger partial charge in [-0.15, -0.1) is 0 Å². The molecule has 0 spiro atoms. The highest BCUT2D eigenvalue weighted by atomic mass is 32.2. The van der Waals surface area contributed by atoms with Crippen LogP contribution < -0.4 is 4.72 Å². The first-order chi connectivity index (χ1) is 10.7. The summed E-state index contributed by atoms with van der Waals surface area (Å²) in [5.41, 5.74) is 0. The van der Waals surface area contributed by atoms with E-state index in [0.717, 1.165) is 15.7 Å². The van der Waals surface area contributed by atoms with Crippen LogP contribution in [0.25, 0.3) is 10.8 Å². The van der Waals surface area contributed by atoms with E-state index in [0.29, 0.717) is 6.54 Å². The molecule has 0 aliphatic heterocycles. The van der Waals surface area contributed by atoms with E-state index in [2.05, 4.69) is 16.9 Å². The second-order valence-electron chi connectivity index (χ2n) is 4.77. The molecule has 0 bridgehead atoms. The van der Waals surface area contributed by atoms with Gasteiger partial charge in [-0.25, -0.2) is 4.79 Å². The number of carbonyl (C=O) groups is 1. The Morgan fingerprint density at radius 1 is 1.18 bits per heavy atom. The van der Waals surface area contributed by atoms with Crippen molar-refractivity contribution in [2.45, 2.75) is 11.2 Å². The SMILES string of the molecule is COC(CN(C)C(=O)NSc1cccc2ccccc12)OC. The maximum atomic E-state index is 12.1. The second-order valence-corrected chi connectivity index (χ2v) is 5.62. The fraction of sp³-hybridized carbons (Fsp3) is 0.312. The number of nitrogens with one attached hydrogen (secondary N) is 1. The highest BCUT2D eigenvalue weighted by Crippen LogP contribution is 2.25. The van der Waals surface area contributed by atoms with Crippen molar-refractivity contribution in [3.05, 3.63) is 42.5 Å². The molecule has 2 aromatic carbocycles. The molecule has 118 valence electrons. The lowest BCUT2D eigenvalue weighted by molar-refractivity contribution is -0.109. The molecule has 6 heteroatoms. The zero-order valence-corrected chi connectivity index (χ0v) is 13.7. The van der Waals surface area contributed by atoms with Gasteiger partial charge < -0.3 is 14.4 Å². The highest BCUT2D eigenvalue weighted by molar-refractivity contribution is 7.98. The Morgan fingerprint density at radius 3 is 2.59 bits per heavy atom. The summed E-state index contributed by atoms with van der Waals surface area (Å²) >= 11 is 1.31. The number of nitrogens with zero attached hydrogens (tertiary/aromatic N) is 1. The maximum Gasteiger partial charge on any atom is 0.327 e. The van der Waals surface area contributed by atoms with Gasteiger partial charge in [-0.2, -0.15) is 0 Å². The maximum absolute atomic E-state index is 12.1. The second kappa shape index (κ2) is 8.03. The molecule has 0 aromatic heterocycles. The monoisotopic (exact) mass is 320 g/mol. The van der Waals surface area contributed by atoms with Gasteiger partial charge in [0.1, 0.15) is 0 Å². The van der Waals surface area contributed by atoms with Crippen molar-refractivity contribution in [2.75, 3.05) is 27.8 Å². The number of carbonyl (C=O) groups excluding carboxylic acids is 1. The quantitative estimate of drug-likeness (QED) is 0.656. The molecule has 1 N–H and O–H groups in total. The van der Waals surface area contributed by atoms with Crippen LogP contribution in [0.1, 0.15) is 0 Å². The molecule has 0 saturated carbocycles. The third kappa shape index (κ3) is 4.13. The van der Waals surface area contributed by atoms with Crippen LogP contribution >= 0.6 is 11.9 Å². The van der Waals surface area contributed by atoms with E-state index in [9.17, 15) is 4.79 Å². The summed E-state index contributed by atoms with van der Waals surface area (Å²) in [5.74, 6) is 0. The molecule has 0 saturated heterocycles. The molecule has 2 rings (SSSR count). The van der Waals surface area contributed by atoms with Gasteiger partial charge in [-0.3, -0.25) is 4.72 Å². The van der Waals surface area contributed by atoms with E-state index in [1.807, 2.05) is 30.3 Å². The van der Waals surface area contributed by atoms with Crippen molar-refractivity contribution < 1.29 is 14.3 Å². The Kier molecular flexibility index (Phi) is 6.06. The van der Waals surface area contributed by atoms with Crippen molar-refractivity contribution in [3.8, 4) is 0 Å². The fourth-order valence-electron chi connectivity index (χ4n) is 2.01. The predicted octanol–water partition coefficient (Wildman–Crippen LogP) is 3.11. The van der Waals surface area contributed by atoms with Crippen LogP contribution in [0.3, 0.4) is 0 Å². The summed E-state index contributed by atoms with van der Waals surface area (Å²) in [6.45, 7) is 0.356.